The minimum Gasteiger partial charge on any atom is -0.379 e. The van der Waals surface area contributed by atoms with E-state index in [1.807, 2.05) is 0 Å². The Labute approximate surface area is 115 Å². The second kappa shape index (κ2) is 6.04. The van der Waals surface area contributed by atoms with Crippen molar-refractivity contribution in [1.82, 2.24) is 10.2 Å². The van der Waals surface area contributed by atoms with E-state index in [9.17, 15) is 0 Å². The third-order valence-electron chi connectivity index (χ3n) is 4.32. The summed E-state index contributed by atoms with van der Waals surface area (Å²) in [4.78, 5) is 2.49. The Morgan fingerprint density at radius 1 is 1.26 bits per heavy atom. The molecule has 1 fully saturated rings. The quantitative estimate of drug-likeness (QED) is 0.899. The number of morpholine rings is 1. The molecule has 3 rings (SSSR count). The molecule has 1 N–H and O–H groups in total. The largest absolute Gasteiger partial charge is 0.379 e. The lowest BCUT2D eigenvalue weighted by atomic mass is 9.93. The molecule has 2 aliphatic rings. The van der Waals surface area contributed by atoms with Gasteiger partial charge in [-0.15, -0.1) is 0 Å². The molecule has 104 valence electrons. The maximum atomic E-state index is 5.41. The molecular weight excluding hydrogens is 236 g/mol. The van der Waals surface area contributed by atoms with Crippen molar-refractivity contribution in [2.45, 2.75) is 38.9 Å². The van der Waals surface area contributed by atoms with E-state index < -0.39 is 0 Å². The Hall–Kier alpha value is -0.900. The number of nitrogens with zero attached hydrogens (tertiary/aromatic N) is 1. The van der Waals surface area contributed by atoms with Gasteiger partial charge in [0.25, 0.3) is 0 Å². The molecule has 1 aromatic carbocycles. The molecule has 3 nitrogen and oxygen atoms in total. The highest BCUT2D eigenvalue weighted by Crippen LogP contribution is 2.20. The van der Waals surface area contributed by atoms with Crippen molar-refractivity contribution in [2.75, 3.05) is 26.3 Å². The number of ether oxygens (including phenoxy) is 1. The van der Waals surface area contributed by atoms with Crippen LogP contribution in [0.15, 0.2) is 18.2 Å². The summed E-state index contributed by atoms with van der Waals surface area (Å²) in [5.41, 5.74) is 4.49. The molecule has 0 aliphatic carbocycles. The molecule has 1 aromatic rings. The van der Waals surface area contributed by atoms with E-state index in [0.29, 0.717) is 6.04 Å². The van der Waals surface area contributed by atoms with Crippen molar-refractivity contribution in [3.63, 3.8) is 0 Å². The van der Waals surface area contributed by atoms with Gasteiger partial charge in [-0.25, -0.2) is 0 Å². The lowest BCUT2D eigenvalue weighted by Crippen LogP contribution is -2.36. The molecular formula is C16H24N2O. The van der Waals surface area contributed by atoms with Crippen LogP contribution in [0, 0.1) is 0 Å². The van der Waals surface area contributed by atoms with Gasteiger partial charge >= 0.3 is 0 Å². The number of fused-ring (bicyclic) bond motifs is 1. The van der Waals surface area contributed by atoms with Gasteiger partial charge in [0.2, 0.25) is 0 Å². The van der Waals surface area contributed by atoms with Gasteiger partial charge in [-0.05, 0) is 29.5 Å². The van der Waals surface area contributed by atoms with Crippen LogP contribution < -0.4 is 5.32 Å². The predicted molar refractivity (Wildman–Crippen MR) is 77.2 cm³/mol. The summed E-state index contributed by atoms with van der Waals surface area (Å²) < 4.78 is 5.41. The van der Waals surface area contributed by atoms with Crippen molar-refractivity contribution in [1.29, 1.82) is 0 Å². The molecule has 2 aliphatic heterocycles. The molecule has 0 amide bonds. The summed E-state index contributed by atoms with van der Waals surface area (Å²) in [6.45, 7) is 8.26. The minimum absolute atomic E-state index is 0.658. The van der Waals surface area contributed by atoms with Crippen molar-refractivity contribution in [3.05, 3.63) is 34.9 Å². The fourth-order valence-corrected chi connectivity index (χ4v) is 3.04. The average molecular weight is 260 g/mol. The van der Waals surface area contributed by atoms with Crippen molar-refractivity contribution in [2.24, 2.45) is 0 Å². The molecule has 0 spiro atoms. The fourth-order valence-electron chi connectivity index (χ4n) is 3.04. The number of rotatable bonds is 3. The smallest absolute Gasteiger partial charge is 0.0594 e. The number of hydrogen-bond donors (Lipinski definition) is 1. The Bertz CT molecular complexity index is 427. The lowest BCUT2D eigenvalue weighted by Gasteiger charge is -2.28. The van der Waals surface area contributed by atoms with Gasteiger partial charge in [-0.2, -0.15) is 0 Å². The predicted octanol–water partition coefficient (Wildman–Crippen LogP) is 1.94. The van der Waals surface area contributed by atoms with E-state index in [-0.39, 0.29) is 0 Å². The van der Waals surface area contributed by atoms with E-state index in [1.54, 1.807) is 5.56 Å². The summed E-state index contributed by atoms with van der Waals surface area (Å²) in [5, 5.41) is 3.60. The molecule has 1 saturated heterocycles. The van der Waals surface area contributed by atoms with Crippen LogP contribution in [0.1, 0.15) is 30.0 Å². The molecule has 1 unspecified atom stereocenters. The maximum absolute atomic E-state index is 5.41. The van der Waals surface area contributed by atoms with E-state index in [1.165, 1.54) is 24.0 Å². The van der Waals surface area contributed by atoms with Gasteiger partial charge in [0, 0.05) is 32.2 Å². The van der Waals surface area contributed by atoms with Gasteiger partial charge in [0.05, 0.1) is 13.2 Å². The Balaban J connectivity index is 1.69. The first-order valence-corrected chi connectivity index (χ1v) is 7.49. The minimum atomic E-state index is 0.658. The first-order chi connectivity index (χ1) is 9.35. The van der Waals surface area contributed by atoms with Gasteiger partial charge in [0.1, 0.15) is 0 Å². The fraction of sp³-hybridized carbons (Fsp3) is 0.625. The van der Waals surface area contributed by atoms with Crippen molar-refractivity contribution < 1.29 is 4.74 Å². The number of nitrogens with one attached hydrogen (secondary N) is 1. The zero-order chi connectivity index (χ0) is 13.1. The van der Waals surface area contributed by atoms with E-state index >= 15 is 0 Å². The molecule has 1 atom stereocenters. The average Bonchev–Trinajstić information content (AvgIpc) is 2.47. The Morgan fingerprint density at radius 3 is 2.89 bits per heavy atom. The summed E-state index contributed by atoms with van der Waals surface area (Å²) in [6.07, 6.45) is 2.40. The summed E-state index contributed by atoms with van der Waals surface area (Å²) in [5.74, 6) is 0. The third kappa shape index (κ3) is 3.16. The number of benzene rings is 1. The van der Waals surface area contributed by atoms with E-state index in [4.69, 9.17) is 4.74 Å². The van der Waals surface area contributed by atoms with Crippen LogP contribution >= 0.6 is 0 Å². The van der Waals surface area contributed by atoms with Crippen LogP contribution in [0.4, 0.5) is 0 Å². The highest BCUT2D eigenvalue weighted by molar-refractivity contribution is 5.34. The third-order valence-corrected chi connectivity index (χ3v) is 4.32. The molecule has 0 radical (unpaired) electrons. The second-order valence-corrected chi connectivity index (χ2v) is 5.68. The van der Waals surface area contributed by atoms with Crippen LogP contribution in [0.25, 0.3) is 0 Å². The molecule has 0 saturated carbocycles. The van der Waals surface area contributed by atoms with Crippen LogP contribution in [0.3, 0.4) is 0 Å². The summed E-state index contributed by atoms with van der Waals surface area (Å²) in [6, 6.07) is 7.69. The van der Waals surface area contributed by atoms with E-state index in [0.717, 1.165) is 39.4 Å². The monoisotopic (exact) mass is 260 g/mol. The van der Waals surface area contributed by atoms with Gasteiger partial charge in [0.15, 0.2) is 0 Å². The number of hydrogen-bond acceptors (Lipinski definition) is 3. The summed E-state index contributed by atoms with van der Waals surface area (Å²) in [7, 11) is 0. The molecule has 3 heteroatoms. The highest BCUT2D eigenvalue weighted by Gasteiger charge is 2.17. The first-order valence-electron chi connectivity index (χ1n) is 7.49. The topological polar surface area (TPSA) is 24.5 Å². The Morgan fingerprint density at radius 2 is 2.11 bits per heavy atom. The zero-order valence-electron chi connectivity index (χ0n) is 11.8. The van der Waals surface area contributed by atoms with Crippen LogP contribution in [-0.4, -0.2) is 37.2 Å². The van der Waals surface area contributed by atoms with Crippen LogP contribution in [0.5, 0.6) is 0 Å². The molecule has 2 heterocycles. The van der Waals surface area contributed by atoms with Crippen molar-refractivity contribution >= 4 is 0 Å². The standard InChI is InChI=1S/C16H24N2O/c1-2-16-10-15-9-13(3-4-14(15)11-17-16)12-18-5-7-19-8-6-18/h3-4,9,16-17H,2,5-8,10-12H2,1H3. The van der Waals surface area contributed by atoms with Gasteiger partial charge in [-0.1, -0.05) is 25.1 Å². The molecule has 0 aromatic heterocycles. The molecule has 0 bridgehead atoms. The summed E-state index contributed by atoms with van der Waals surface area (Å²) >= 11 is 0. The second-order valence-electron chi connectivity index (χ2n) is 5.68. The lowest BCUT2D eigenvalue weighted by molar-refractivity contribution is 0.0342. The first kappa shape index (κ1) is 13.1. The molecule has 19 heavy (non-hydrogen) atoms. The highest BCUT2D eigenvalue weighted by atomic mass is 16.5. The van der Waals surface area contributed by atoms with Gasteiger partial charge < -0.3 is 10.1 Å². The zero-order valence-corrected chi connectivity index (χ0v) is 11.8. The maximum Gasteiger partial charge on any atom is 0.0594 e. The van der Waals surface area contributed by atoms with Crippen LogP contribution in [-0.2, 0) is 24.2 Å². The van der Waals surface area contributed by atoms with Crippen LogP contribution in [0.2, 0.25) is 0 Å². The Kier molecular flexibility index (Phi) is 4.16. The van der Waals surface area contributed by atoms with Gasteiger partial charge in [-0.3, -0.25) is 4.90 Å². The SMILES string of the molecule is CCC1Cc2cc(CN3CCOCC3)ccc2CN1. The van der Waals surface area contributed by atoms with E-state index in [2.05, 4.69) is 35.3 Å². The van der Waals surface area contributed by atoms with Crippen molar-refractivity contribution in [3.8, 4) is 0 Å². The normalized spacial score (nSPS) is 24.2.